The maximum Gasteiger partial charge on any atom is 0.188 e. The zero-order valence-electron chi connectivity index (χ0n) is 11.0. The zero-order valence-corrected chi connectivity index (χ0v) is 11.0. The zero-order chi connectivity index (χ0) is 14.9. The Kier molecular flexibility index (Phi) is 3.47. The number of hydrogen-bond acceptors (Lipinski definition) is 5. The molecule has 0 unspecified atom stereocenters. The lowest BCUT2D eigenvalue weighted by molar-refractivity contribution is 0.100. The molecule has 1 aromatic heterocycles. The van der Waals surface area contributed by atoms with Gasteiger partial charge in [0.05, 0.1) is 7.11 Å². The van der Waals surface area contributed by atoms with Crippen molar-refractivity contribution in [3.8, 4) is 22.9 Å². The van der Waals surface area contributed by atoms with Crippen molar-refractivity contribution in [1.82, 2.24) is 4.57 Å². The fraction of sp³-hybridized carbons (Fsp3) is 0.143. The quantitative estimate of drug-likeness (QED) is 0.657. The highest BCUT2D eigenvalue weighted by molar-refractivity contribution is 5.99. The van der Waals surface area contributed by atoms with Crippen molar-refractivity contribution >= 4 is 12.1 Å². The van der Waals surface area contributed by atoms with Crippen LogP contribution in [-0.2, 0) is 0 Å². The van der Waals surface area contributed by atoms with E-state index in [2.05, 4.69) is 0 Å². The Bertz CT molecular complexity index is 670. The van der Waals surface area contributed by atoms with Gasteiger partial charge in [0.25, 0.3) is 0 Å². The fourth-order valence-electron chi connectivity index (χ4n) is 2.00. The minimum Gasteiger partial charge on any atom is -0.503 e. The van der Waals surface area contributed by atoms with E-state index in [1.807, 2.05) is 0 Å². The van der Waals surface area contributed by atoms with Gasteiger partial charge in [0, 0.05) is 12.6 Å². The first-order chi connectivity index (χ1) is 9.51. The van der Waals surface area contributed by atoms with Crippen LogP contribution in [-0.4, -0.2) is 34.0 Å². The average Bonchev–Trinajstić information content (AvgIpc) is 2.71. The average molecular weight is 275 g/mol. The summed E-state index contributed by atoms with van der Waals surface area (Å²) in [4.78, 5) is 22.7. The van der Waals surface area contributed by atoms with Crippen molar-refractivity contribution in [2.75, 3.05) is 7.11 Å². The smallest absolute Gasteiger partial charge is 0.188 e. The van der Waals surface area contributed by atoms with Crippen LogP contribution in [0.25, 0.3) is 5.69 Å². The number of aromatic hydroxyl groups is 2. The topological polar surface area (TPSA) is 88.8 Å². The first kappa shape index (κ1) is 13.7. The van der Waals surface area contributed by atoms with Crippen LogP contribution in [0.1, 0.15) is 27.9 Å². The lowest BCUT2D eigenvalue weighted by Gasteiger charge is -2.09. The van der Waals surface area contributed by atoms with Crippen LogP contribution in [0.5, 0.6) is 17.2 Å². The summed E-state index contributed by atoms with van der Waals surface area (Å²) < 4.78 is 6.23. The van der Waals surface area contributed by atoms with E-state index < -0.39 is 17.3 Å². The van der Waals surface area contributed by atoms with Crippen LogP contribution in [0, 0.1) is 0 Å². The Hall–Kier alpha value is -2.76. The van der Waals surface area contributed by atoms with Crippen LogP contribution in [0.2, 0.25) is 0 Å². The predicted molar refractivity (Wildman–Crippen MR) is 71.0 cm³/mol. The highest BCUT2D eigenvalue weighted by Crippen LogP contribution is 2.37. The van der Waals surface area contributed by atoms with Crippen molar-refractivity contribution in [3.63, 3.8) is 0 Å². The molecule has 0 spiro atoms. The number of carbonyl (C=O) groups is 2. The molecular formula is C14H13NO5. The lowest BCUT2D eigenvalue weighted by Crippen LogP contribution is -2.07. The molecule has 0 bridgehead atoms. The van der Waals surface area contributed by atoms with E-state index in [0.717, 1.165) is 0 Å². The standard InChI is InChI=1S/C14H13NO5/c1-8(17)12-14(19)13(18)11(7-16)15(12)9-3-5-10(20-2)6-4-9/h3-7,18-19H,1-2H3. The van der Waals surface area contributed by atoms with Gasteiger partial charge >= 0.3 is 0 Å². The molecule has 104 valence electrons. The second-order valence-corrected chi connectivity index (χ2v) is 4.14. The van der Waals surface area contributed by atoms with Gasteiger partial charge in [0.2, 0.25) is 0 Å². The van der Waals surface area contributed by atoms with Gasteiger partial charge < -0.3 is 14.9 Å². The number of carbonyl (C=O) groups excluding carboxylic acids is 2. The Morgan fingerprint density at radius 2 is 1.80 bits per heavy atom. The number of ketones is 1. The van der Waals surface area contributed by atoms with Crippen molar-refractivity contribution in [2.45, 2.75) is 6.92 Å². The van der Waals surface area contributed by atoms with Gasteiger partial charge in [-0.25, -0.2) is 0 Å². The molecule has 2 aromatic rings. The summed E-state index contributed by atoms with van der Waals surface area (Å²) in [5.41, 5.74) is 0.126. The summed E-state index contributed by atoms with van der Waals surface area (Å²) in [7, 11) is 1.51. The molecule has 0 fully saturated rings. The summed E-state index contributed by atoms with van der Waals surface area (Å²) in [6, 6.07) is 6.50. The molecule has 2 rings (SSSR count). The molecule has 0 aliphatic carbocycles. The maximum atomic E-state index is 11.6. The van der Waals surface area contributed by atoms with E-state index in [1.165, 1.54) is 18.6 Å². The van der Waals surface area contributed by atoms with Gasteiger partial charge in [0.1, 0.15) is 17.1 Å². The molecule has 0 saturated carbocycles. The molecule has 0 aliphatic rings. The van der Waals surface area contributed by atoms with E-state index in [-0.39, 0.29) is 11.4 Å². The molecule has 1 aromatic carbocycles. The number of rotatable bonds is 4. The van der Waals surface area contributed by atoms with E-state index in [4.69, 9.17) is 4.74 Å². The largest absolute Gasteiger partial charge is 0.503 e. The van der Waals surface area contributed by atoms with Crippen LogP contribution in [0.3, 0.4) is 0 Å². The van der Waals surface area contributed by atoms with E-state index in [9.17, 15) is 19.8 Å². The van der Waals surface area contributed by atoms with Gasteiger partial charge in [-0.15, -0.1) is 0 Å². The summed E-state index contributed by atoms with van der Waals surface area (Å²) in [5, 5.41) is 19.5. The number of aldehydes is 1. The first-order valence-electron chi connectivity index (χ1n) is 5.78. The first-order valence-corrected chi connectivity index (χ1v) is 5.78. The SMILES string of the molecule is COc1ccc(-n2c(C=O)c(O)c(O)c2C(C)=O)cc1. The molecular weight excluding hydrogens is 262 g/mol. The Balaban J connectivity index is 2.73. The number of hydrogen-bond donors (Lipinski definition) is 2. The summed E-state index contributed by atoms with van der Waals surface area (Å²) >= 11 is 0. The van der Waals surface area contributed by atoms with Crippen LogP contribution in [0.15, 0.2) is 24.3 Å². The minimum atomic E-state index is -0.610. The fourth-order valence-corrected chi connectivity index (χ4v) is 2.00. The molecule has 0 atom stereocenters. The Morgan fingerprint density at radius 1 is 1.20 bits per heavy atom. The van der Waals surface area contributed by atoms with Gasteiger partial charge in [-0.1, -0.05) is 0 Å². The Morgan fingerprint density at radius 3 is 2.25 bits per heavy atom. The predicted octanol–water partition coefficient (Wildman–Crippen LogP) is 1.91. The number of Topliss-reactive ketones (excluding diaryl/α,β-unsaturated/α-hetero) is 1. The van der Waals surface area contributed by atoms with E-state index >= 15 is 0 Å². The molecule has 1 heterocycles. The van der Waals surface area contributed by atoms with Gasteiger partial charge in [-0.2, -0.15) is 0 Å². The third-order valence-corrected chi connectivity index (χ3v) is 2.93. The third kappa shape index (κ3) is 2.01. The van der Waals surface area contributed by atoms with Crippen LogP contribution < -0.4 is 4.74 Å². The van der Waals surface area contributed by atoms with Crippen molar-refractivity contribution in [1.29, 1.82) is 0 Å². The highest BCUT2D eigenvalue weighted by Gasteiger charge is 2.25. The van der Waals surface area contributed by atoms with E-state index in [0.29, 0.717) is 17.7 Å². The number of methoxy groups -OCH3 is 1. The summed E-state index contributed by atoms with van der Waals surface area (Å²) in [6.45, 7) is 1.24. The molecule has 6 nitrogen and oxygen atoms in total. The second kappa shape index (κ2) is 5.08. The van der Waals surface area contributed by atoms with Gasteiger partial charge in [-0.3, -0.25) is 14.2 Å². The highest BCUT2D eigenvalue weighted by atomic mass is 16.5. The third-order valence-electron chi connectivity index (χ3n) is 2.93. The summed E-state index contributed by atoms with van der Waals surface area (Å²) in [6.07, 6.45) is 0.381. The van der Waals surface area contributed by atoms with Crippen molar-refractivity contribution in [2.24, 2.45) is 0 Å². The molecule has 2 N–H and O–H groups in total. The van der Waals surface area contributed by atoms with Gasteiger partial charge in [-0.05, 0) is 24.3 Å². The molecule has 0 aliphatic heterocycles. The maximum absolute atomic E-state index is 11.6. The normalized spacial score (nSPS) is 10.3. The molecule has 20 heavy (non-hydrogen) atoms. The lowest BCUT2D eigenvalue weighted by atomic mass is 10.2. The minimum absolute atomic E-state index is 0.144. The number of aromatic nitrogens is 1. The molecule has 6 heteroatoms. The Labute approximate surface area is 114 Å². The molecule has 0 saturated heterocycles. The number of benzene rings is 1. The van der Waals surface area contributed by atoms with Crippen LogP contribution >= 0.6 is 0 Å². The second-order valence-electron chi connectivity index (χ2n) is 4.14. The molecule has 0 radical (unpaired) electrons. The monoisotopic (exact) mass is 275 g/mol. The van der Waals surface area contributed by atoms with Crippen LogP contribution in [0.4, 0.5) is 0 Å². The van der Waals surface area contributed by atoms with E-state index in [1.54, 1.807) is 24.3 Å². The number of ether oxygens (including phenoxy) is 1. The van der Waals surface area contributed by atoms with Crippen molar-refractivity contribution in [3.05, 3.63) is 35.7 Å². The molecule has 0 amide bonds. The summed E-state index contributed by atoms with van der Waals surface area (Å²) in [5.74, 6) is -1.08. The van der Waals surface area contributed by atoms with Crippen molar-refractivity contribution < 1.29 is 24.5 Å². The number of nitrogens with zero attached hydrogens (tertiary/aromatic N) is 1. The van der Waals surface area contributed by atoms with Gasteiger partial charge in [0.15, 0.2) is 23.6 Å².